The van der Waals surface area contributed by atoms with Crippen LogP contribution in [0, 0.1) is 0 Å². The second-order valence-electron chi connectivity index (χ2n) is 8.03. The minimum atomic E-state index is -0.682. The molecule has 0 saturated heterocycles. The predicted molar refractivity (Wildman–Crippen MR) is 137 cm³/mol. The molecule has 1 amide bonds. The number of carbonyl (C=O) groups excluding carboxylic acids is 1. The van der Waals surface area contributed by atoms with Gasteiger partial charge in [-0.1, -0.05) is 29.8 Å². The maximum absolute atomic E-state index is 13.7. The number of rotatable bonds is 6. The Bertz CT molecular complexity index is 1470. The van der Waals surface area contributed by atoms with Gasteiger partial charge >= 0.3 is 0 Å². The average Bonchev–Trinajstić information content (AvgIpc) is 3.31. The highest BCUT2D eigenvalue weighted by Crippen LogP contribution is 2.42. The first-order valence-corrected chi connectivity index (χ1v) is 11.5. The molecule has 5 rings (SSSR count). The smallest absolute Gasteiger partial charge is 0.257 e. The summed E-state index contributed by atoms with van der Waals surface area (Å²) in [5.41, 5.74) is 2.40. The molecule has 3 heterocycles. The van der Waals surface area contributed by atoms with Gasteiger partial charge < -0.3 is 20.1 Å². The monoisotopic (exact) mass is 502 g/mol. The molecule has 1 unspecified atom stereocenters. The van der Waals surface area contributed by atoms with Crippen molar-refractivity contribution in [2.45, 2.75) is 13.0 Å². The summed E-state index contributed by atoms with van der Waals surface area (Å²) in [6, 6.07) is 17.4. The lowest BCUT2D eigenvalue weighted by Gasteiger charge is -2.29. The number of benzene rings is 2. The zero-order chi connectivity index (χ0) is 25.2. The summed E-state index contributed by atoms with van der Waals surface area (Å²) in [6.07, 6.45) is 1.62. The Balaban J connectivity index is 1.68. The van der Waals surface area contributed by atoms with Crippen LogP contribution in [0.3, 0.4) is 0 Å². The van der Waals surface area contributed by atoms with E-state index in [1.165, 1.54) is 0 Å². The van der Waals surface area contributed by atoms with E-state index in [9.17, 15) is 4.79 Å². The van der Waals surface area contributed by atoms with Crippen LogP contribution in [0.15, 0.2) is 78.1 Å². The van der Waals surface area contributed by atoms with Crippen LogP contribution in [0.2, 0.25) is 5.02 Å². The second kappa shape index (κ2) is 9.71. The Labute approximate surface area is 212 Å². The molecular formula is C26H23ClN6O3. The summed E-state index contributed by atoms with van der Waals surface area (Å²) < 4.78 is 12.8. The van der Waals surface area contributed by atoms with Crippen molar-refractivity contribution in [2.24, 2.45) is 0 Å². The molecule has 2 aromatic carbocycles. The fraction of sp³-hybridized carbons (Fsp3) is 0.154. The van der Waals surface area contributed by atoms with Gasteiger partial charge in [-0.05, 0) is 49.4 Å². The molecule has 0 bridgehead atoms. The molecule has 1 aliphatic heterocycles. The molecule has 0 saturated carbocycles. The number of aromatic nitrogens is 4. The lowest BCUT2D eigenvalue weighted by Crippen LogP contribution is -2.32. The van der Waals surface area contributed by atoms with Crippen molar-refractivity contribution in [3.05, 3.63) is 88.7 Å². The molecule has 1 aliphatic rings. The van der Waals surface area contributed by atoms with Gasteiger partial charge in [0.2, 0.25) is 5.95 Å². The van der Waals surface area contributed by atoms with Gasteiger partial charge in [0, 0.05) is 23.0 Å². The Hall–Kier alpha value is -4.37. The molecule has 0 spiro atoms. The number of nitrogens with zero attached hydrogens (tertiary/aromatic N) is 4. The normalized spacial score (nSPS) is 14.6. The number of pyridine rings is 1. The van der Waals surface area contributed by atoms with Crippen molar-refractivity contribution in [1.29, 1.82) is 0 Å². The molecular weight excluding hydrogens is 480 g/mol. The van der Waals surface area contributed by atoms with Gasteiger partial charge in [0.1, 0.15) is 23.4 Å². The largest absolute Gasteiger partial charge is 0.497 e. The molecule has 2 N–H and O–H groups in total. The van der Waals surface area contributed by atoms with Crippen molar-refractivity contribution >= 4 is 29.3 Å². The highest BCUT2D eigenvalue weighted by molar-refractivity contribution is 6.33. The molecule has 10 heteroatoms. The summed E-state index contributed by atoms with van der Waals surface area (Å²) in [4.78, 5) is 22.6. The van der Waals surface area contributed by atoms with Gasteiger partial charge in [0.25, 0.3) is 5.91 Å². The maximum atomic E-state index is 13.7. The Morgan fingerprint density at radius 2 is 1.89 bits per heavy atom. The number of ether oxygens (including phenoxy) is 2. The van der Waals surface area contributed by atoms with E-state index in [0.29, 0.717) is 56.5 Å². The number of allylic oxidation sites excluding steroid dienone is 1. The summed E-state index contributed by atoms with van der Waals surface area (Å²) in [5.74, 6) is 2.16. The Morgan fingerprint density at radius 3 is 2.61 bits per heavy atom. The molecule has 36 heavy (non-hydrogen) atoms. The minimum Gasteiger partial charge on any atom is -0.497 e. The van der Waals surface area contributed by atoms with Crippen LogP contribution >= 0.6 is 11.6 Å². The van der Waals surface area contributed by atoms with E-state index in [4.69, 9.17) is 26.2 Å². The number of hydrogen-bond acceptors (Lipinski definition) is 7. The first-order chi connectivity index (χ1) is 17.5. The minimum absolute atomic E-state index is 0.339. The zero-order valence-corrected chi connectivity index (χ0v) is 20.6. The van der Waals surface area contributed by atoms with Crippen molar-refractivity contribution in [3.63, 3.8) is 0 Å². The van der Waals surface area contributed by atoms with Crippen LogP contribution in [0.1, 0.15) is 18.5 Å². The number of fused-ring (bicyclic) bond motifs is 1. The number of methoxy groups -OCH3 is 2. The van der Waals surface area contributed by atoms with Crippen molar-refractivity contribution in [3.8, 4) is 22.9 Å². The summed E-state index contributed by atoms with van der Waals surface area (Å²) in [6.45, 7) is 1.82. The molecule has 0 fully saturated rings. The number of halogens is 1. The SMILES string of the molecule is COc1ccc(OC)c(C2C(C(=O)Nc3ccccn3)=C(C)Nc3nc(-c4ccccc4Cl)nn32)c1. The van der Waals surface area contributed by atoms with Gasteiger partial charge in [-0.25, -0.2) is 9.67 Å². The topological polar surface area (TPSA) is 103 Å². The number of anilines is 2. The van der Waals surface area contributed by atoms with Crippen LogP contribution in [-0.4, -0.2) is 39.9 Å². The van der Waals surface area contributed by atoms with E-state index in [1.54, 1.807) is 61.5 Å². The van der Waals surface area contributed by atoms with Gasteiger partial charge in [-0.15, -0.1) is 5.10 Å². The van der Waals surface area contributed by atoms with Crippen LogP contribution in [-0.2, 0) is 4.79 Å². The first kappa shape index (κ1) is 23.4. The third-order valence-electron chi connectivity index (χ3n) is 5.85. The maximum Gasteiger partial charge on any atom is 0.257 e. The van der Waals surface area contributed by atoms with E-state index in [-0.39, 0.29) is 5.91 Å². The summed E-state index contributed by atoms with van der Waals surface area (Å²) >= 11 is 6.43. The van der Waals surface area contributed by atoms with Gasteiger partial charge in [0.05, 0.1) is 24.8 Å². The van der Waals surface area contributed by atoms with Crippen LogP contribution in [0.5, 0.6) is 11.5 Å². The van der Waals surface area contributed by atoms with Crippen LogP contribution in [0.4, 0.5) is 11.8 Å². The second-order valence-corrected chi connectivity index (χ2v) is 8.43. The molecule has 1 atom stereocenters. The number of hydrogen-bond donors (Lipinski definition) is 2. The Morgan fingerprint density at radius 1 is 1.08 bits per heavy atom. The van der Waals surface area contributed by atoms with Crippen molar-refractivity contribution in [1.82, 2.24) is 19.7 Å². The summed E-state index contributed by atoms with van der Waals surface area (Å²) in [5, 5.41) is 11.4. The Kier molecular flexibility index (Phi) is 6.30. The van der Waals surface area contributed by atoms with Gasteiger partial charge in [-0.2, -0.15) is 4.98 Å². The van der Waals surface area contributed by atoms with Gasteiger partial charge in [0.15, 0.2) is 5.82 Å². The molecule has 2 aromatic heterocycles. The average molecular weight is 503 g/mol. The van der Waals surface area contributed by atoms with E-state index in [2.05, 4.69) is 20.6 Å². The first-order valence-electron chi connectivity index (χ1n) is 11.1. The molecule has 4 aromatic rings. The van der Waals surface area contributed by atoms with E-state index >= 15 is 0 Å². The third kappa shape index (κ3) is 4.25. The lowest BCUT2D eigenvalue weighted by atomic mass is 9.94. The van der Waals surface area contributed by atoms with Crippen LogP contribution < -0.4 is 20.1 Å². The molecule has 9 nitrogen and oxygen atoms in total. The molecule has 182 valence electrons. The molecule has 0 radical (unpaired) electrons. The van der Waals surface area contributed by atoms with Gasteiger partial charge in [-0.3, -0.25) is 4.79 Å². The number of nitrogens with one attached hydrogen (secondary N) is 2. The fourth-order valence-corrected chi connectivity index (χ4v) is 4.38. The molecule has 0 aliphatic carbocycles. The van der Waals surface area contributed by atoms with Crippen LogP contribution in [0.25, 0.3) is 11.4 Å². The quantitative estimate of drug-likeness (QED) is 0.385. The van der Waals surface area contributed by atoms with E-state index < -0.39 is 6.04 Å². The highest BCUT2D eigenvalue weighted by Gasteiger charge is 2.36. The highest BCUT2D eigenvalue weighted by atomic mass is 35.5. The van der Waals surface area contributed by atoms with E-state index in [0.717, 1.165) is 0 Å². The lowest BCUT2D eigenvalue weighted by molar-refractivity contribution is -0.113. The third-order valence-corrected chi connectivity index (χ3v) is 6.18. The fourth-order valence-electron chi connectivity index (χ4n) is 4.16. The number of carbonyl (C=O) groups is 1. The standard InChI is InChI=1S/C26H23ClN6O3/c1-15-22(25(34)30-21-10-6-7-13-28-21)23(18-14-16(35-2)11-12-20(18)36-3)33-26(29-15)31-24(32-33)17-8-4-5-9-19(17)27/h4-14,23H,1-3H3,(H,28,30,34)(H,29,31,32). The summed E-state index contributed by atoms with van der Waals surface area (Å²) in [7, 11) is 3.16. The van der Waals surface area contributed by atoms with Crippen molar-refractivity contribution in [2.75, 3.05) is 24.9 Å². The zero-order valence-electron chi connectivity index (χ0n) is 19.8. The predicted octanol–water partition coefficient (Wildman–Crippen LogP) is 4.94. The number of amides is 1. The van der Waals surface area contributed by atoms with E-state index in [1.807, 2.05) is 31.2 Å². The van der Waals surface area contributed by atoms with Crippen molar-refractivity contribution < 1.29 is 14.3 Å².